The Balaban J connectivity index is 1.95. The fourth-order valence-electron chi connectivity index (χ4n) is 2.49. The number of nitrogens with zero attached hydrogens (tertiary/aromatic N) is 2. The van der Waals surface area contributed by atoms with Crippen molar-refractivity contribution in [2.45, 2.75) is 19.8 Å². The Hall–Kier alpha value is -1.59. The zero-order chi connectivity index (χ0) is 13.1. The maximum Gasteiger partial charge on any atom is 0.228 e. The van der Waals surface area contributed by atoms with Gasteiger partial charge in [-0.05, 0) is 6.92 Å². The number of carbonyl (C=O) groups excluding carboxylic acids is 3. The SMILES string of the molecule is CCN1CC(C(=O)N2CCNC(=O)CC2)CC1=O. The molecule has 0 aromatic rings. The van der Waals surface area contributed by atoms with Crippen LogP contribution in [0.25, 0.3) is 0 Å². The van der Waals surface area contributed by atoms with E-state index >= 15 is 0 Å². The van der Waals surface area contributed by atoms with Crippen LogP contribution < -0.4 is 5.32 Å². The first-order valence-electron chi connectivity index (χ1n) is 6.45. The van der Waals surface area contributed by atoms with Gasteiger partial charge in [0.25, 0.3) is 0 Å². The van der Waals surface area contributed by atoms with Gasteiger partial charge in [0.2, 0.25) is 17.7 Å². The van der Waals surface area contributed by atoms with E-state index in [9.17, 15) is 14.4 Å². The Morgan fingerprint density at radius 1 is 1.39 bits per heavy atom. The van der Waals surface area contributed by atoms with Gasteiger partial charge in [0.1, 0.15) is 0 Å². The number of amides is 3. The van der Waals surface area contributed by atoms with Crippen LogP contribution in [0.5, 0.6) is 0 Å². The first-order valence-corrected chi connectivity index (χ1v) is 6.45. The molecule has 6 heteroatoms. The molecule has 1 atom stereocenters. The van der Waals surface area contributed by atoms with Crippen LogP contribution in [0, 0.1) is 5.92 Å². The lowest BCUT2D eigenvalue weighted by Gasteiger charge is -2.23. The van der Waals surface area contributed by atoms with Crippen LogP contribution in [-0.4, -0.2) is 60.2 Å². The number of hydrogen-bond donors (Lipinski definition) is 1. The lowest BCUT2D eigenvalue weighted by Crippen LogP contribution is -2.39. The van der Waals surface area contributed by atoms with Crippen molar-refractivity contribution in [1.29, 1.82) is 0 Å². The maximum absolute atomic E-state index is 12.3. The fraction of sp³-hybridized carbons (Fsp3) is 0.750. The third kappa shape index (κ3) is 2.63. The highest BCUT2D eigenvalue weighted by atomic mass is 16.2. The van der Waals surface area contributed by atoms with Gasteiger partial charge in [-0.25, -0.2) is 0 Å². The smallest absolute Gasteiger partial charge is 0.228 e. The first kappa shape index (κ1) is 12.9. The second-order valence-electron chi connectivity index (χ2n) is 4.76. The standard InChI is InChI=1S/C12H19N3O3/c1-2-14-8-9(7-11(14)17)12(18)15-5-3-10(16)13-4-6-15/h9H,2-8H2,1H3,(H,13,16). The van der Waals surface area contributed by atoms with Crippen molar-refractivity contribution in [2.75, 3.05) is 32.7 Å². The van der Waals surface area contributed by atoms with Crippen molar-refractivity contribution in [2.24, 2.45) is 5.92 Å². The highest BCUT2D eigenvalue weighted by molar-refractivity contribution is 5.89. The molecular weight excluding hydrogens is 234 g/mol. The summed E-state index contributed by atoms with van der Waals surface area (Å²) in [4.78, 5) is 38.5. The summed E-state index contributed by atoms with van der Waals surface area (Å²) in [5.74, 6) is -0.177. The molecule has 1 N–H and O–H groups in total. The normalized spacial score (nSPS) is 25.1. The van der Waals surface area contributed by atoms with Gasteiger partial charge in [-0.3, -0.25) is 14.4 Å². The average Bonchev–Trinajstić information content (AvgIpc) is 2.59. The molecular formula is C12H19N3O3. The molecule has 1 unspecified atom stereocenters. The van der Waals surface area contributed by atoms with Crippen molar-refractivity contribution in [3.8, 4) is 0 Å². The molecule has 2 fully saturated rings. The van der Waals surface area contributed by atoms with E-state index < -0.39 is 0 Å². The van der Waals surface area contributed by atoms with E-state index in [2.05, 4.69) is 5.32 Å². The zero-order valence-corrected chi connectivity index (χ0v) is 10.6. The topological polar surface area (TPSA) is 69.7 Å². The van der Waals surface area contributed by atoms with Crippen molar-refractivity contribution >= 4 is 17.7 Å². The van der Waals surface area contributed by atoms with Crippen LogP contribution in [0.2, 0.25) is 0 Å². The molecule has 6 nitrogen and oxygen atoms in total. The fourth-order valence-corrected chi connectivity index (χ4v) is 2.49. The molecule has 2 aliphatic rings. The van der Waals surface area contributed by atoms with Crippen LogP contribution in [0.15, 0.2) is 0 Å². The molecule has 100 valence electrons. The molecule has 2 heterocycles. The first-order chi connectivity index (χ1) is 8.61. The van der Waals surface area contributed by atoms with E-state index in [4.69, 9.17) is 0 Å². The van der Waals surface area contributed by atoms with Gasteiger partial charge in [-0.2, -0.15) is 0 Å². The van der Waals surface area contributed by atoms with Crippen LogP contribution >= 0.6 is 0 Å². The molecule has 3 amide bonds. The largest absolute Gasteiger partial charge is 0.354 e. The summed E-state index contributed by atoms with van der Waals surface area (Å²) in [5.41, 5.74) is 0. The Morgan fingerprint density at radius 2 is 2.17 bits per heavy atom. The number of hydrogen-bond acceptors (Lipinski definition) is 3. The van der Waals surface area contributed by atoms with E-state index in [1.807, 2.05) is 6.92 Å². The molecule has 0 spiro atoms. The van der Waals surface area contributed by atoms with Crippen molar-refractivity contribution in [3.63, 3.8) is 0 Å². The number of likely N-dealkylation sites (tertiary alicyclic amines) is 1. The van der Waals surface area contributed by atoms with Crippen LogP contribution in [0.1, 0.15) is 19.8 Å². The summed E-state index contributed by atoms with van der Waals surface area (Å²) in [6.07, 6.45) is 0.661. The predicted octanol–water partition coefficient (Wildman–Crippen LogP) is -0.797. The minimum absolute atomic E-state index is 0.0100. The van der Waals surface area contributed by atoms with Gasteiger partial charge < -0.3 is 15.1 Å². The summed E-state index contributed by atoms with van der Waals surface area (Å²) in [6.45, 7) is 4.60. The van der Waals surface area contributed by atoms with Crippen molar-refractivity contribution < 1.29 is 14.4 Å². The van der Waals surface area contributed by atoms with Gasteiger partial charge >= 0.3 is 0 Å². The molecule has 2 rings (SSSR count). The van der Waals surface area contributed by atoms with Crippen molar-refractivity contribution in [1.82, 2.24) is 15.1 Å². The molecule has 0 bridgehead atoms. The molecule has 0 radical (unpaired) electrons. The molecule has 0 saturated carbocycles. The molecule has 2 saturated heterocycles. The Labute approximate surface area is 106 Å². The highest BCUT2D eigenvalue weighted by Gasteiger charge is 2.36. The second-order valence-corrected chi connectivity index (χ2v) is 4.76. The van der Waals surface area contributed by atoms with Gasteiger partial charge in [-0.15, -0.1) is 0 Å². The quantitative estimate of drug-likeness (QED) is 0.700. The van der Waals surface area contributed by atoms with Crippen LogP contribution in [-0.2, 0) is 14.4 Å². The van der Waals surface area contributed by atoms with E-state index in [1.54, 1.807) is 9.80 Å². The summed E-state index contributed by atoms with van der Waals surface area (Å²) in [7, 11) is 0. The lowest BCUT2D eigenvalue weighted by atomic mass is 10.1. The van der Waals surface area contributed by atoms with Crippen LogP contribution in [0.4, 0.5) is 0 Å². The Bertz CT molecular complexity index is 370. The minimum Gasteiger partial charge on any atom is -0.354 e. The van der Waals surface area contributed by atoms with Gasteiger partial charge in [0.15, 0.2) is 0 Å². The lowest BCUT2D eigenvalue weighted by molar-refractivity contribution is -0.135. The third-order valence-electron chi connectivity index (χ3n) is 3.57. The van der Waals surface area contributed by atoms with Gasteiger partial charge in [-0.1, -0.05) is 0 Å². The van der Waals surface area contributed by atoms with E-state index in [1.165, 1.54) is 0 Å². The summed E-state index contributed by atoms with van der Waals surface area (Å²) < 4.78 is 0. The molecule has 18 heavy (non-hydrogen) atoms. The Morgan fingerprint density at radius 3 is 2.83 bits per heavy atom. The predicted molar refractivity (Wildman–Crippen MR) is 64.6 cm³/mol. The second kappa shape index (κ2) is 5.37. The zero-order valence-electron chi connectivity index (χ0n) is 10.6. The molecule has 0 aromatic carbocycles. The average molecular weight is 253 g/mol. The molecule has 2 aliphatic heterocycles. The summed E-state index contributed by atoms with van der Waals surface area (Å²) in [5, 5.41) is 2.74. The van der Waals surface area contributed by atoms with E-state index in [0.29, 0.717) is 45.6 Å². The van der Waals surface area contributed by atoms with E-state index in [0.717, 1.165) is 0 Å². The van der Waals surface area contributed by atoms with Gasteiger partial charge in [0, 0.05) is 45.6 Å². The molecule has 0 aromatic heterocycles. The maximum atomic E-state index is 12.3. The van der Waals surface area contributed by atoms with E-state index in [-0.39, 0.29) is 23.6 Å². The van der Waals surface area contributed by atoms with Crippen molar-refractivity contribution in [3.05, 3.63) is 0 Å². The number of carbonyl (C=O) groups is 3. The molecule has 0 aliphatic carbocycles. The van der Waals surface area contributed by atoms with Crippen LogP contribution in [0.3, 0.4) is 0 Å². The summed E-state index contributed by atoms with van der Waals surface area (Å²) in [6, 6.07) is 0. The summed E-state index contributed by atoms with van der Waals surface area (Å²) >= 11 is 0. The monoisotopic (exact) mass is 253 g/mol. The third-order valence-corrected chi connectivity index (χ3v) is 3.57. The highest BCUT2D eigenvalue weighted by Crippen LogP contribution is 2.20. The number of nitrogens with one attached hydrogen (secondary N) is 1. The number of rotatable bonds is 2. The Kier molecular flexibility index (Phi) is 3.84. The minimum atomic E-state index is -0.231. The van der Waals surface area contributed by atoms with Gasteiger partial charge in [0.05, 0.1) is 5.92 Å².